The third-order valence-corrected chi connectivity index (χ3v) is 2.84. The molecule has 0 aliphatic heterocycles. The van der Waals surface area contributed by atoms with Crippen LogP contribution in [0, 0.1) is 5.92 Å². The topological polar surface area (TPSA) is 64.3 Å². The normalized spacial score (nSPS) is 25.5. The molecule has 0 unspecified atom stereocenters. The highest BCUT2D eigenvalue weighted by Crippen LogP contribution is 2.27. The minimum atomic E-state index is -0.417. The maximum absolute atomic E-state index is 11.5. The Labute approximate surface area is 97.9 Å². The molecule has 3 N–H and O–H groups in total. The molecule has 94 valence electrons. The summed E-state index contributed by atoms with van der Waals surface area (Å²) in [5.74, 6) is 0.671. The minimum Gasteiger partial charge on any atom is -0.444 e. The highest BCUT2D eigenvalue weighted by atomic mass is 16.6. The van der Waals surface area contributed by atoms with Crippen LogP contribution < -0.4 is 11.1 Å². The predicted molar refractivity (Wildman–Crippen MR) is 64.2 cm³/mol. The van der Waals surface area contributed by atoms with Crippen LogP contribution in [-0.4, -0.2) is 24.3 Å². The van der Waals surface area contributed by atoms with Crippen molar-refractivity contribution in [2.75, 3.05) is 6.54 Å². The van der Waals surface area contributed by atoms with Crippen LogP contribution in [0.5, 0.6) is 0 Å². The number of ether oxygens (including phenoxy) is 1. The zero-order valence-electron chi connectivity index (χ0n) is 10.6. The largest absolute Gasteiger partial charge is 0.444 e. The van der Waals surface area contributed by atoms with Crippen molar-refractivity contribution in [1.82, 2.24) is 5.32 Å². The zero-order valence-corrected chi connectivity index (χ0v) is 10.6. The lowest BCUT2D eigenvalue weighted by atomic mass is 10.0. The van der Waals surface area contributed by atoms with Crippen molar-refractivity contribution < 1.29 is 9.53 Å². The molecular weight excluding hydrogens is 204 g/mol. The molecule has 1 fully saturated rings. The molecule has 0 aromatic rings. The van der Waals surface area contributed by atoms with Gasteiger partial charge < -0.3 is 15.8 Å². The molecule has 1 rings (SSSR count). The van der Waals surface area contributed by atoms with E-state index in [4.69, 9.17) is 10.5 Å². The van der Waals surface area contributed by atoms with Gasteiger partial charge in [0.2, 0.25) is 0 Å². The quantitative estimate of drug-likeness (QED) is 0.776. The number of hydrogen-bond acceptors (Lipinski definition) is 3. The summed E-state index contributed by atoms with van der Waals surface area (Å²) in [6.45, 7) is 6.36. The standard InChI is InChI=1S/C12H24N2O2/c1-12(2,3)16-11(15)14-10-5-4-9(8-10)6-7-13/h9-10H,4-8,13H2,1-3H3,(H,14,15)/t9-,10+/m0/s1. The molecule has 4 heteroatoms. The molecule has 4 nitrogen and oxygen atoms in total. The Morgan fingerprint density at radius 2 is 2.12 bits per heavy atom. The lowest BCUT2D eigenvalue weighted by Gasteiger charge is -2.21. The van der Waals surface area contributed by atoms with Gasteiger partial charge in [0.15, 0.2) is 0 Å². The van der Waals surface area contributed by atoms with E-state index in [1.807, 2.05) is 20.8 Å². The van der Waals surface area contributed by atoms with Crippen molar-refractivity contribution in [1.29, 1.82) is 0 Å². The van der Waals surface area contributed by atoms with E-state index in [2.05, 4.69) is 5.32 Å². The van der Waals surface area contributed by atoms with Crippen LogP contribution in [-0.2, 0) is 4.74 Å². The summed E-state index contributed by atoms with van der Waals surface area (Å²) in [5.41, 5.74) is 5.11. The average molecular weight is 228 g/mol. The van der Waals surface area contributed by atoms with Gasteiger partial charge in [0.05, 0.1) is 0 Å². The third-order valence-electron chi connectivity index (χ3n) is 2.84. The van der Waals surface area contributed by atoms with Gasteiger partial charge >= 0.3 is 6.09 Å². The lowest BCUT2D eigenvalue weighted by Crippen LogP contribution is -2.38. The minimum absolute atomic E-state index is 0.270. The first kappa shape index (κ1) is 13.3. The molecule has 2 atom stereocenters. The number of rotatable bonds is 3. The molecule has 0 aromatic heterocycles. The summed E-state index contributed by atoms with van der Waals surface area (Å²) in [4.78, 5) is 11.5. The molecule has 0 saturated heterocycles. The fourth-order valence-corrected chi connectivity index (χ4v) is 2.18. The molecule has 0 spiro atoms. The molecule has 16 heavy (non-hydrogen) atoms. The first-order valence-electron chi connectivity index (χ1n) is 6.10. The summed E-state index contributed by atoms with van der Waals surface area (Å²) < 4.78 is 5.22. The zero-order chi connectivity index (χ0) is 12.2. The number of alkyl carbamates (subject to hydrolysis) is 1. The molecule has 1 amide bonds. The van der Waals surface area contributed by atoms with Crippen LogP contribution in [0.25, 0.3) is 0 Å². The predicted octanol–water partition coefficient (Wildman–Crippen LogP) is 2.03. The Balaban J connectivity index is 2.26. The highest BCUT2D eigenvalue weighted by Gasteiger charge is 2.26. The van der Waals surface area contributed by atoms with E-state index in [9.17, 15) is 4.79 Å². The van der Waals surface area contributed by atoms with E-state index < -0.39 is 5.60 Å². The Hall–Kier alpha value is -0.770. The smallest absolute Gasteiger partial charge is 0.407 e. The number of nitrogens with two attached hydrogens (primary N) is 1. The van der Waals surface area contributed by atoms with Crippen molar-refractivity contribution in [2.24, 2.45) is 11.7 Å². The van der Waals surface area contributed by atoms with E-state index in [0.29, 0.717) is 5.92 Å². The van der Waals surface area contributed by atoms with Crippen LogP contribution in [0.15, 0.2) is 0 Å². The first-order chi connectivity index (χ1) is 7.40. The van der Waals surface area contributed by atoms with Crippen LogP contribution >= 0.6 is 0 Å². The Morgan fingerprint density at radius 3 is 2.69 bits per heavy atom. The summed E-state index contributed by atoms with van der Waals surface area (Å²) in [7, 11) is 0. The number of carbonyl (C=O) groups excluding carboxylic acids is 1. The second kappa shape index (κ2) is 5.53. The summed E-state index contributed by atoms with van der Waals surface area (Å²) in [6, 6.07) is 0.270. The van der Waals surface area contributed by atoms with Crippen molar-refractivity contribution in [3.63, 3.8) is 0 Å². The van der Waals surface area contributed by atoms with Gasteiger partial charge in [-0.15, -0.1) is 0 Å². The number of amides is 1. The summed E-state index contributed by atoms with van der Waals surface area (Å²) in [5, 5.41) is 2.92. The van der Waals surface area contributed by atoms with Crippen LogP contribution in [0.4, 0.5) is 4.79 Å². The van der Waals surface area contributed by atoms with Crippen molar-refractivity contribution in [3.8, 4) is 0 Å². The van der Waals surface area contributed by atoms with Gasteiger partial charge in [0.1, 0.15) is 5.60 Å². The Bertz CT molecular complexity index is 236. The van der Waals surface area contributed by atoms with Crippen LogP contribution in [0.2, 0.25) is 0 Å². The molecule has 1 saturated carbocycles. The average Bonchev–Trinajstić information content (AvgIpc) is 2.49. The molecule has 1 aliphatic carbocycles. The lowest BCUT2D eigenvalue weighted by molar-refractivity contribution is 0.0504. The molecule has 1 aliphatic rings. The number of carbonyl (C=O) groups is 1. The van der Waals surface area contributed by atoms with E-state index in [0.717, 1.165) is 32.2 Å². The monoisotopic (exact) mass is 228 g/mol. The highest BCUT2D eigenvalue weighted by molar-refractivity contribution is 5.68. The van der Waals surface area contributed by atoms with Crippen molar-refractivity contribution in [3.05, 3.63) is 0 Å². The fraction of sp³-hybridized carbons (Fsp3) is 0.917. The second-order valence-electron chi connectivity index (χ2n) is 5.60. The van der Waals surface area contributed by atoms with E-state index in [1.165, 1.54) is 0 Å². The Morgan fingerprint density at radius 1 is 1.44 bits per heavy atom. The maximum atomic E-state index is 11.5. The number of nitrogens with one attached hydrogen (secondary N) is 1. The first-order valence-corrected chi connectivity index (χ1v) is 6.10. The molecule has 0 radical (unpaired) electrons. The van der Waals surface area contributed by atoms with Crippen molar-refractivity contribution in [2.45, 2.75) is 58.1 Å². The van der Waals surface area contributed by atoms with Gasteiger partial charge in [-0.05, 0) is 58.9 Å². The van der Waals surface area contributed by atoms with Gasteiger partial charge in [-0.2, -0.15) is 0 Å². The Kier molecular flexibility index (Phi) is 4.59. The third kappa shape index (κ3) is 4.84. The number of hydrogen-bond donors (Lipinski definition) is 2. The second-order valence-corrected chi connectivity index (χ2v) is 5.60. The van der Waals surface area contributed by atoms with Gasteiger partial charge in [0, 0.05) is 6.04 Å². The van der Waals surface area contributed by atoms with Gasteiger partial charge in [0.25, 0.3) is 0 Å². The van der Waals surface area contributed by atoms with Gasteiger partial charge in [-0.3, -0.25) is 0 Å². The SMILES string of the molecule is CC(C)(C)OC(=O)N[C@@H]1CC[C@@H](CCN)C1. The molecule has 0 bridgehead atoms. The molecule has 0 aromatic carbocycles. The molecular formula is C12H24N2O2. The van der Waals surface area contributed by atoms with Crippen LogP contribution in [0.3, 0.4) is 0 Å². The molecule has 0 heterocycles. The van der Waals surface area contributed by atoms with E-state index >= 15 is 0 Å². The summed E-state index contributed by atoms with van der Waals surface area (Å²) in [6.07, 6.45) is 4.01. The fourth-order valence-electron chi connectivity index (χ4n) is 2.18. The van der Waals surface area contributed by atoms with Crippen molar-refractivity contribution >= 4 is 6.09 Å². The van der Waals surface area contributed by atoms with Gasteiger partial charge in [-0.1, -0.05) is 0 Å². The summed E-state index contributed by atoms with van der Waals surface area (Å²) >= 11 is 0. The van der Waals surface area contributed by atoms with E-state index in [1.54, 1.807) is 0 Å². The van der Waals surface area contributed by atoms with Crippen LogP contribution in [0.1, 0.15) is 46.5 Å². The van der Waals surface area contributed by atoms with E-state index in [-0.39, 0.29) is 12.1 Å². The maximum Gasteiger partial charge on any atom is 0.407 e. The van der Waals surface area contributed by atoms with Gasteiger partial charge in [-0.25, -0.2) is 4.79 Å².